The van der Waals surface area contributed by atoms with E-state index in [9.17, 15) is 19.2 Å². The van der Waals surface area contributed by atoms with E-state index in [-0.39, 0.29) is 31.3 Å². The molecular formula is C35H42N4O5. The standard InChI is InChI=1S/C35H42N4O5/c40-24-29(17-19-32(41)37-22-20-36(21-23-37)28-14-8-3-9-15-28)38-30(18-16-26-10-4-1-5-11-26)33(34(38)42)39-31(25-44-35(39)43)27-12-6-2-7-13-27/h1-2,4-7,10-13,16,18,24,28-31,33H,3,8-9,14-15,17,19-23,25H2/b18-16+/t29-,30+,31+,33-/m0/s1. The number of hydrogen-bond donors (Lipinski definition) is 0. The third-order valence-corrected chi connectivity index (χ3v) is 9.76. The quantitative estimate of drug-likeness (QED) is 0.299. The van der Waals surface area contributed by atoms with E-state index in [1.807, 2.05) is 77.7 Å². The smallest absolute Gasteiger partial charge is 0.411 e. The molecule has 6 rings (SSSR count). The number of piperazine rings is 1. The molecule has 0 spiro atoms. The highest BCUT2D eigenvalue weighted by Crippen LogP contribution is 2.38. The molecule has 232 valence electrons. The van der Waals surface area contributed by atoms with Crippen molar-refractivity contribution in [1.29, 1.82) is 0 Å². The Morgan fingerprint density at radius 3 is 2.27 bits per heavy atom. The van der Waals surface area contributed by atoms with Gasteiger partial charge in [-0.3, -0.25) is 19.4 Å². The predicted octanol–water partition coefficient (Wildman–Crippen LogP) is 4.30. The molecule has 0 bridgehead atoms. The number of nitrogens with zero attached hydrogens (tertiary/aromatic N) is 4. The summed E-state index contributed by atoms with van der Waals surface area (Å²) in [5.74, 6) is -0.286. The minimum atomic E-state index is -0.804. The number of aldehydes is 1. The number of ether oxygens (including phenoxy) is 1. The summed E-state index contributed by atoms with van der Waals surface area (Å²) in [6.45, 7) is 3.33. The van der Waals surface area contributed by atoms with E-state index < -0.39 is 30.3 Å². The zero-order valence-electron chi connectivity index (χ0n) is 25.2. The summed E-state index contributed by atoms with van der Waals surface area (Å²) in [5, 5.41) is 0. The van der Waals surface area contributed by atoms with E-state index in [1.54, 1.807) is 4.90 Å². The molecule has 1 aliphatic carbocycles. The van der Waals surface area contributed by atoms with Crippen molar-refractivity contribution in [3.8, 4) is 0 Å². The second-order valence-electron chi connectivity index (χ2n) is 12.3. The summed E-state index contributed by atoms with van der Waals surface area (Å²) < 4.78 is 5.43. The minimum absolute atomic E-state index is 0.0216. The lowest BCUT2D eigenvalue weighted by atomic mass is 9.87. The van der Waals surface area contributed by atoms with E-state index in [4.69, 9.17) is 4.74 Å². The number of likely N-dealkylation sites (tertiary alicyclic amines) is 1. The van der Waals surface area contributed by atoms with Crippen LogP contribution in [0.15, 0.2) is 66.7 Å². The molecule has 44 heavy (non-hydrogen) atoms. The molecule has 2 aromatic carbocycles. The van der Waals surface area contributed by atoms with Gasteiger partial charge >= 0.3 is 6.09 Å². The number of carbonyl (C=O) groups excluding carboxylic acids is 4. The maximum Gasteiger partial charge on any atom is 0.411 e. The number of carbonyl (C=O) groups is 4. The summed E-state index contributed by atoms with van der Waals surface area (Å²) in [6, 6.07) is 17.4. The average molecular weight is 599 g/mol. The lowest BCUT2D eigenvalue weighted by Crippen LogP contribution is -2.72. The van der Waals surface area contributed by atoms with Gasteiger partial charge in [0.2, 0.25) is 11.8 Å². The van der Waals surface area contributed by atoms with Crippen molar-refractivity contribution in [2.75, 3.05) is 32.8 Å². The van der Waals surface area contributed by atoms with Crippen LogP contribution < -0.4 is 0 Å². The maximum atomic E-state index is 13.8. The Balaban J connectivity index is 1.14. The Labute approximate surface area is 259 Å². The molecule has 4 aliphatic rings. The van der Waals surface area contributed by atoms with Gasteiger partial charge in [0.25, 0.3) is 0 Å². The molecule has 1 saturated carbocycles. The van der Waals surface area contributed by atoms with Gasteiger partial charge in [0, 0.05) is 38.6 Å². The van der Waals surface area contributed by atoms with Gasteiger partial charge in [0.1, 0.15) is 18.9 Å². The Kier molecular flexibility index (Phi) is 9.40. The highest BCUT2D eigenvalue weighted by Gasteiger charge is 2.57. The van der Waals surface area contributed by atoms with Crippen molar-refractivity contribution in [2.24, 2.45) is 0 Å². The number of hydrogen-bond acceptors (Lipinski definition) is 6. The van der Waals surface area contributed by atoms with Gasteiger partial charge in [-0.15, -0.1) is 0 Å². The Morgan fingerprint density at radius 2 is 1.59 bits per heavy atom. The molecule has 4 atom stereocenters. The molecule has 0 radical (unpaired) electrons. The highest BCUT2D eigenvalue weighted by molar-refractivity contribution is 5.96. The van der Waals surface area contributed by atoms with Gasteiger partial charge in [0.15, 0.2) is 0 Å². The van der Waals surface area contributed by atoms with Crippen LogP contribution >= 0.6 is 0 Å². The highest BCUT2D eigenvalue weighted by atomic mass is 16.6. The van der Waals surface area contributed by atoms with Gasteiger partial charge in [-0.1, -0.05) is 92.1 Å². The van der Waals surface area contributed by atoms with Gasteiger partial charge in [-0.2, -0.15) is 0 Å². The molecule has 0 unspecified atom stereocenters. The van der Waals surface area contributed by atoms with Crippen LogP contribution in [0.3, 0.4) is 0 Å². The van der Waals surface area contributed by atoms with Gasteiger partial charge in [-0.25, -0.2) is 4.79 Å². The Bertz CT molecular complexity index is 1340. The second-order valence-corrected chi connectivity index (χ2v) is 12.3. The number of benzene rings is 2. The Hall–Kier alpha value is -3.98. The lowest BCUT2D eigenvalue weighted by molar-refractivity contribution is -0.161. The third kappa shape index (κ3) is 6.29. The van der Waals surface area contributed by atoms with Gasteiger partial charge in [-0.05, 0) is 30.4 Å². The first kappa shape index (κ1) is 30.1. The molecule has 3 saturated heterocycles. The second kappa shape index (κ2) is 13.8. The van der Waals surface area contributed by atoms with Crippen LogP contribution in [0.4, 0.5) is 4.79 Å². The fraction of sp³-hybridized carbons (Fsp3) is 0.486. The summed E-state index contributed by atoms with van der Waals surface area (Å²) >= 11 is 0. The van der Waals surface area contributed by atoms with Crippen molar-refractivity contribution in [3.05, 3.63) is 77.9 Å². The number of β-lactam (4-membered cyclic amide) rings is 1. The van der Waals surface area contributed by atoms with Crippen molar-refractivity contribution in [1.82, 2.24) is 19.6 Å². The molecule has 4 fully saturated rings. The van der Waals surface area contributed by atoms with E-state index in [2.05, 4.69) is 4.90 Å². The molecule has 0 N–H and O–H groups in total. The van der Waals surface area contributed by atoms with Crippen LogP contribution in [-0.2, 0) is 19.1 Å². The van der Waals surface area contributed by atoms with Crippen molar-refractivity contribution >= 4 is 30.3 Å². The molecule has 9 heteroatoms. The Morgan fingerprint density at radius 1 is 0.909 bits per heavy atom. The van der Waals surface area contributed by atoms with E-state index in [0.29, 0.717) is 19.1 Å². The number of amides is 3. The fourth-order valence-corrected chi connectivity index (χ4v) is 7.31. The topological polar surface area (TPSA) is 90.5 Å². The molecule has 3 amide bonds. The maximum absolute atomic E-state index is 13.8. The van der Waals surface area contributed by atoms with E-state index in [1.165, 1.54) is 37.0 Å². The van der Waals surface area contributed by atoms with Crippen molar-refractivity contribution in [2.45, 2.75) is 75.2 Å². The van der Waals surface area contributed by atoms with Crippen LogP contribution in [0.1, 0.15) is 62.1 Å². The summed E-state index contributed by atoms with van der Waals surface area (Å²) in [4.78, 5) is 60.0. The van der Waals surface area contributed by atoms with E-state index in [0.717, 1.165) is 30.5 Å². The molecular weight excluding hydrogens is 556 g/mol. The monoisotopic (exact) mass is 598 g/mol. The summed E-state index contributed by atoms with van der Waals surface area (Å²) in [7, 11) is 0. The normalized spacial score (nSPS) is 25.6. The van der Waals surface area contributed by atoms with E-state index >= 15 is 0 Å². The first-order valence-electron chi connectivity index (χ1n) is 16.1. The molecule has 9 nitrogen and oxygen atoms in total. The lowest BCUT2D eigenvalue weighted by Gasteiger charge is -2.51. The molecule has 2 aromatic rings. The van der Waals surface area contributed by atoms with Crippen LogP contribution in [0.2, 0.25) is 0 Å². The van der Waals surface area contributed by atoms with Crippen molar-refractivity contribution < 1.29 is 23.9 Å². The van der Waals surface area contributed by atoms with Crippen LogP contribution in [0.5, 0.6) is 0 Å². The SMILES string of the molecule is O=C[C@H](CCC(=O)N1CCN(C2CCCCC2)CC1)N1C(=O)[C@@H](N2C(=O)OC[C@@H]2c2ccccc2)[C@H]1/C=C/c1ccccc1. The third-order valence-electron chi connectivity index (χ3n) is 9.76. The largest absolute Gasteiger partial charge is 0.447 e. The number of cyclic esters (lactones) is 1. The molecule has 3 heterocycles. The zero-order chi connectivity index (χ0) is 30.5. The van der Waals surface area contributed by atoms with Crippen molar-refractivity contribution in [3.63, 3.8) is 0 Å². The van der Waals surface area contributed by atoms with Gasteiger partial charge in [0.05, 0.1) is 18.1 Å². The average Bonchev–Trinajstić information content (AvgIpc) is 3.45. The summed E-state index contributed by atoms with van der Waals surface area (Å²) in [5.41, 5.74) is 1.83. The molecule has 0 aromatic heterocycles. The fourth-order valence-electron chi connectivity index (χ4n) is 7.31. The minimum Gasteiger partial charge on any atom is -0.447 e. The van der Waals surface area contributed by atoms with Crippen LogP contribution in [-0.4, -0.2) is 101 Å². The van der Waals surface area contributed by atoms with Gasteiger partial charge < -0.3 is 19.3 Å². The first-order chi connectivity index (χ1) is 21.5. The predicted molar refractivity (Wildman–Crippen MR) is 166 cm³/mol. The zero-order valence-corrected chi connectivity index (χ0v) is 25.2. The molecule has 3 aliphatic heterocycles. The van der Waals surface area contributed by atoms with Crippen LogP contribution in [0, 0.1) is 0 Å². The van der Waals surface area contributed by atoms with Crippen LogP contribution in [0.25, 0.3) is 6.08 Å². The summed E-state index contributed by atoms with van der Waals surface area (Å²) in [6.07, 6.45) is 10.9. The first-order valence-corrected chi connectivity index (χ1v) is 16.1. The number of rotatable bonds is 10.